The molecule has 2 amide bonds. The summed E-state index contributed by atoms with van der Waals surface area (Å²) in [4.78, 5) is 13.3. The molecular formula is C8H16N2OS. The van der Waals surface area contributed by atoms with E-state index in [9.17, 15) is 4.79 Å². The lowest BCUT2D eigenvalue weighted by Gasteiger charge is -2.19. The van der Waals surface area contributed by atoms with Gasteiger partial charge >= 0.3 is 6.03 Å². The van der Waals surface area contributed by atoms with Crippen LogP contribution in [0.5, 0.6) is 0 Å². The van der Waals surface area contributed by atoms with Crippen molar-refractivity contribution in [2.45, 2.75) is 13.3 Å². The second-order valence-electron chi connectivity index (χ2n) is 2.79. The molecule has 1 fully saturated rings. The molecule has 70 valence electrons. The van der Waals surface area contributed by atoms with Gasteiger partial charge in [0.15, 0.2) is 0 Å². The molecule has 0 aromatic rings. The second-order valence-corrected chi connectivity index (χ2v) is 4.01. The van der Waals surface area contributed by atoms with Crippen molar-refractivity contribution in [3.05, 3.63) is 0 Å². The highest BCUT2D eigenvalue weighted by atomic mass is 32.2. The summed E-state index contributed by atoms with van der Waals surface area (Å²) >= 11 is 1.93. The number of amides is 2. The zero-order chi connectivity index (χ0) is 8.81. The quantitative estimate of drug-likeness (QED) is 0.669. The Bertz CT molecular complexity index is 144. The van der Waals surface area contributed by atoms with Crippen molar-refractivity contribution in [1.82, 2.24) is 10.2 Å². The van der Waals surface area contributed by atoms with Crippen LogP contribution in [0.1, 0.15) is 13.3 Å². The summed E-state index contributed by atoms with van der Waals surface area (Å²) < 4.78 is 0. The third kappa shape index (κ3) is 2.93. The van der Waals surface area contributed by atoms with Gasteiger partial charge in [-0.3, -0.25) is 0 Å². The number of urea groups is 1. The van der Waals surface area contributed by atoms with Gasteiger partial charge < -0.3 is 10.2 Å². The van der Waals surface area contributed by atoms with E-state index in [1.165, 1.54) is 5.75 Å². The highest BCUT2D eigenvalue weighted by Gasteiger charge is 2.13. The molecule has 1 heterocycles. The van der Waals surface area contributed by atoms with Crippen LogP contribution >= 0.6 is 11.8 Å². The van der Waals surface area contributed by atoms with Crippen molar-refractivity contribution in [3.63, 3.8) is 0 Å². The largest absolute Gasteiger partial charge is 0.338 e. The molecule has 0 aliphatic carbocycles. The van der Waals surface area contributed by atoms with E-state index in [0.29, 0.717) is 0 Å². The summed E-state index contributed by atoms with van der Waals surface area (Å²) in [6.07, 6.45) is 1.13. The topological polar surface area (TPSA) is 32.3 Å². The Morgan fingerprint density at radius 2 is 2.33 bits per heavy atom. The van der Waals surface area contributed by atoms with Gasteiger partial charge in [0, 0.05) is 25.4 Å². The number of thioether (sulfide) groups is 1. The van der Waals surface area contributed by atoms with Crippen molar-refractivity contribution in [1.29, 1.82) is 0 Å². The van der Waals surface area contributed by atoms with Gasteiger partial charge in [0.25, 0.3) is 0 Å². The molecule has 1 N–H and O–H groups in total. The summed E-state index contributed by atoms with van der Waals surface area (Å²) in [5.74, 6) is 2.27. The van der Waals surface area contributed by atoms with E-state index in [2.05, 4.69) is 5.32 Å². The van der Waals surface area contributed by atoms with E-state index in [1.54, 1.807) is 0 Å². The molecule has 12 heavy (non-hydrogen) atoms. The first kappa shape index (κ1) is 9.71. The third-order valence-electron chi connectivity index (χ3n) is 1.84. The molecule has 0 atom stereocenters. The first-order chi connectivity index (χ1) is 5.84. The van der Waals surface area contributed by atoms with Crippen molar-refractivity contribution in [3.8, 4) is 0 Å². The van der Waals surface area contributed by atoms with Crippen LogP contribution in [0.2, 0.25) is 0 Å². The van der Waals surface area contributed by atoms with E-state index in [1.807, 2.05) is 23.6 Å². The van der Waals surface area contributed by atoms with Crippen LogP contribution in [0.25, 0.3) is 0 Å². The van der Waals surface area contributed by atoms with Crippen LogP contribution in [0.15, 0.2) is 0 Å². The van der Waals surface area contributed by atoms with Crippen molar-refractivity contribution >= 4 is 17.8 Å². The molecule has 4 heteroatoms. The van der Waals surface area contributed by atoms with Gasteiger partial charge in [-0.15, -0.1) is 0 Å². The second kappa shape index (κ2) is 5.30. The molecule has 0 aromatic heterocycles. The van der Waals surface area contributed by atoms with Crippen LogP contribution in [0.4, 0.5) is 4.79 Å². The van der Waals surface area contributed by atoms with Crippen LogP contribution in [0.3, 0.4) is 0 Å². The number of rotatable bonds is 1. The van der Waals surface area contributed by atoms with Gasteiger partial charge in [0.2, 0.25) is 0 Å². The maximum atomic E-state index is 11.4. The summed E-state index contributed by atoms with van der Waals surface area (Å²) in [5, 5.41) is 2.82. The smallest absolute Gasteiger partial charge is 0.317 e. The predicted molar refractivity (Wildman–Crippen MR) is 52.6 cm³/mol. The Kier molecular flexibility index (Phi) is 4.29. The Balaban J connectivity index is 2.32. The summed E-state index contributed by atoms with van der Waals surface area (Å²) in [6, 6.07) is 0.0972. The number of nitrogens with one attached hydrogen (secondary N) is 1. The normalized spacial score (nSPS) is 18.6. The molecule has 0 unspecified atom stereocenters. The molecule has 1 saturated heterocycles. The summed E-state index contributed by atoms with van der Waals surface area (Å²) in [6.45, 7) is 4.49. The minimum Gasteiger partial charge on any atom is -0.338 e. The Morgan fingerprint density at radius 1 is 1.50 bits per heavy atom. The molecule has 0 bridgehead atoms. The van der Waals surface area contributed by atoms with Crippen LogP contribution < -0.4 is 5.32 Å². The van der Waals surface area contributed by atoms with E-state index in [0.717, 1.165) is 31.8 Å². The lowest BCUT2D eigenvalue weighted by atomic mass is 10.4. The SMILES string of the molecule is CCNC(=O)N1CCCSCC1. The standard InChI is InChI=1S/C8H16N2OS/c1-2-9-8(11)10-4-3-6-12-7-5-10/h2-7H2,1H3,(H,9,11). The molecular weight excluding hydrogens is 172 g/mol. The van der Waals surface area contributed by atoms with Gasteiger partial charge in [0.1, 0.15) is 0 Å². The van der Waals surface area contributed by atoms with Crippen molar-refractivity contribution in [2.75, 3.05) is 31.1 Å². The average molecular weight is 188 g/mol. The average Bonchev–Trinajstić information content (AvgIpc) is 2.32. The number of carbonyl (C=O) groups excluding carboxylic acids is 1. The van der Waals surface area contributed by atoms with E-state index < -0.39 is 0 Å². The minimum absolute atomic E-state index is 0.0972. The third-order valence-corrected chi connectivity index (χ3v) is 2.89. The van der Waals surface area contributed by atoms with Gasteiger partial charge in [0.05, 0.1) is 0 Å². The lowest BCUT2D eigenvalue weighted by Crippen LogP contribution is -2.40. The van der Waals surface area contributed by atoms with Crippen LogP contribution in [0, 0.1) is 0 Å². The zero-order valence-corrected chi connectivity index (χ0v) is 8.32. The van der Waals surface area contributed by atoms with Gasteiger partial charge in [-0.05, 0) is 19.1 Å². The number of carbonyl (C=O) groups is 1. The van der Waals surface area contributed by atoms with E-state index in [4.69, 9.17) is 0 Å². The van der Waals surface area contributed by atoms with Gasteiger partial charge in [-0.25, -0.2) is 4.79 Å². The molecule has 1 aliphatic heterocycles. The monoisotopic (exact) mass is 188 g/mol. The maximum absolute atomic E-state index is 11.4. The number of hydrogen-bond acceptors (Lipinski definition) is 2. The highest BCUT2D eigenvalue weighted by molar-refractivity contribution is 7.99. The summed E-state index contributed by atoms with van der Waals surface area (Å²) in [7, 11) is 0. The molecule has 0 aromatic carbocycles. The Labute approximate surface area is 77.9 Å². The Hall–Kier alpha value is -0.380. The highest BCUT2D eigenvalue weighted by Crippen LogP contribution is 2.09. The van der Waals surface area contributed by atoms with Crippen LogP contribution in [-0.2, 0) is 0 Å². The molecule has 1 rings (SSSR count). The predicted octanol–water partition coefficient (Wildman–Crippen LogP) is 1.15. The molecule has 0 radical (unpaired) electrons. The summed E-state index contributed by atoms with van der Waals surface area (Å²) in [5.41, 5.74) is 0. The van der Waals surface area contributed by atoms with Gasteiger partial charge in [-0.1, -0.05) is 0 Å². The van der Waals surface area contributed by atoms with Crippen LogP contribution in [-0.4, -0.2) is 42.1 Å². The van der Waals surface area contributed by atoms with E-state index in [-0.39, 0.29) is 6.03 Å². The Morgan fingerprint density at radius 3 is 3.08 bits per heavy atom. The molecule has 3 nitrogen and oxygen atoms in total. The molecule has 1 aliphatic rings. The maximum Gasteiger partial charge on any atom is 0.317 e. The first-order valence-corrected chi connectivity index (χ1v) is 5.60. The molecule has 0 spiro atoms. The first-order valence-electron chi connectivity index (χ1n) is 4.45. The van der Waals surface area contributed by atoms with E-state index >= 15 is 0 Å². The molecule has 0 saturated carbocycles. The zero-order valence-electron chi connectivity index (χ0n) is 7.51. The number of nitrogens with zero attached hydrogens (tertiary/aromatic N) is 1. The fourth-order valence-corrected chi connectivity index (χ4v) is 2.10. The van der Waals surface area contributed by atoms with Crippen molar-refractivity contribution in [2.24, 2.45) is 0 Å². The van der Waals surface area contributed by atoms with Crippen molar-refractivity contribution < 1.29 is 4.79 Å². The lowest BCUT2D eigenvalue weighted by molar-refractivity contribution is 0.202. The fraction of sp³-hybridized carbons (Fsp3) is 0.875. The number of hydrogen-bond donors (Lipinski definition) is 1. The minimum atomic E-state index is 0.0972. The van der Waals surface area contributed by atoms with Gasteiger partial charge in [-0.2, -0.15) is 11.8 Å². The fourth-order valence-electron chi connectivity index (χ4n) is 1.21.